The fourth-order valence-electron chi connectivity index (χ4n) is 2.04. The second-order valence-corrected chi connectivity index (χ2v) is 5.15. The normalized spacial score (nSPS) is 11.2. The van der Waals surface area contributed by atoms with Crippen LogP contribution in [0.15, 0.2) is 55.4 Å². The minimum absolute atomic E-state index is 0.230. The van der Waals surface area contributed by atoms with Crippen LogP contribution in [0.2, 0.25) is 0 Å². The average molecular weight is 363 g/mol. The van der Waals surface area contributed by atoms with Gasteiger partial charge in [0, 0.05) is 24.1 Å². The number of imidazole rings is 1. The summed E-state index contributed by atoms with van der Waals surface area (Å²) in [5.74, 6) is 0.0992. The molecular weight excluding hydrogens is 351 g/mol. The van der Waals surface area contributed by atoms with Crippen molar-refractivity contribution < 1.29 is 22.7 Å². The first-order valence-corrected chi connectivity index (χ1v) is 7.34. The van der Waals surface area contributed by atoms with Gasteiger partial charge in [0.05, 0.1) is 0 Å². The first kappa shape index (κ1) is 17.4. The number of halogens is 3. The van der Waals surface area contributed by atoms with Gasteiger partial charge in [-0.3, -0.25) is 9.36 Å². The van der Waals surface area contributed by atoms with E-state index in [0.717, 1.165) is 0 Å². The lowest BCUT2D eigenvalue weighted by Crippen LogP contribution is -2.21. The second-order valence-electron chi connectivity index (χ2n) is 5.15. The molecule has 0 aliphatic rings. The maximum absolute atomic E-state index is 12.2. The summed E-state index contributed by atoms with van der Waals surface area (Å²) in [5, 5.41) is 2.17. The first-order valence-electron chi connectivity index (χ1n) is 7.34. The number of hydrogen-bond acceptors (Lipinski definition) is 5. The second kappa shape index (κ2) is 7.21. The largest absolute Gasteiger partial charge is 0.439 e. The fraction of sp³-hybridized carbons (Fsp3) is 0.125. The lowest BCUT2D eigenvalue weighted by atomic mass is 10.3. The van der Waals surface area contributed by atoms with Gasteiger partial charge in [-0.15, -0.1) is 0 Å². The molecule has 0 aliphatic heterocycles. The quantitative estimate of drug-likeness (QED) is 0.752. The highest BCUT2D eigenvalue weighted by Gasteiger charge is 2.31. The number of rotatable bonds is 5. The summed E-state index contributed by atoms with van der Waals surface area (Å²) < 4.78 is 43.7. The minimum atomic E-state index is -4.55. The summed E-state index contributed by atoms with van der Waals surface area (Å²) in [4.78, 5) is 23.3. The van der Waals surface area contributed by atoms with E-state index in [1.807, 2.05) is 0 Å². The molecule has 10 heteroatoms. The average Bonchev–Trinajstić information content (AvgIpc) is 3.10. The monoisotopic (exact) mass is 363 g/mol. The van der Waals surface area contributed by atoms with Crippen LogP contribution in [0, 0.1) is 0 Å². The van der Waals surface area contributed by atoms with Gasteiger partial charge in [-0.2, -0.15) is 13.2 Å². The highest BCUT2D eigenvalue weighted by atomic mass is 19.4. The summed E-state index contributed by atoms with van der Waals surface area (Å²) in [7, 11) is 0. The SMILES string of the molecule is O=C(CC(F)(F)F)Nc1ccc(Oc2cc(-n3ccnc3)ncn2)cc1. The highest BCUT2D eigenvalue weighted by Crippen LogP contribution is 2.24. The third kappa shape index (κ3) is 4.79. The van der Waals surface area contributed by atoms with Crippen LogP contribution in [0.3, 0.4) is 0 Å². The zero-order valence-corrected chi connectivity index (χ0v) is 13.1. The standard InChI is InChI=1S/C16H12F3N5O2/c17-16(18,19)8-14(25)23-11-1-3-12(4-2-11)26-15-7-13(21-9-22-15)24-6-5-20-10-24/h1-7,9-10H,8H2,(H,23,25). The van der Waals surface area contributed by atoms with Crippen molar-refractivity contribution in [2.75, 3.05) is 5.32 Å². The maximum atomic E-state index is 12.2. The molecule has 7 nitrogen and oxygen atoms in total. The molecule has 0 bridgehead atoms. The number of amides is 1. The van der Waals surface area contributed by atoms with Gasteiger partial charge in [0.1, 0.15) is 30.6 Å². The zero-order chi connectivity index (χ0) is 18.6. The predicted octanol–water partition coefficient (Wildman–Crippen LogP) is 3.35. The molecule has 0 spiro atoms. The Morgan fingerprint density at radius 2 is 1.96 bits per heavy atom. The smallest absolute Gasteiger partial charge is 0.397 e. The molecule has 0 fully saturated rings. The molecular formula is C16H12F3N5O2. The molecule has 0 radical (unpaired) electrons. The predicted molar refractivity (Wildman–Crippen MR) is 85.0 cm³/mol. The Morgan fingerprint density at radius 3 is 2.62 bits per heavy atom. The number of ether oxygens (including phenoxy) is 1. The third-order valence-corrected chi connectivity index (χ3v) is 3.12. The number of benzene rings is 1. The summed E-state index contributed by atoms with van der Waals surface area (Å²) >= 11 is 0. The van der Waals surface area contributed by atoms with Crippen molar-refractivity contribution in [1.82, 2.24) is 19.5 Å². The molecule has 134 valence electrons. The molecule has 3 rings (SSSR count). The minimum Gasteiger partial charge on any atom is -0.439 e. The van der Waals surface area contributed by atoms with Gasteiger partial charge in [-0.25, -0.2) is 15.0 Å². The molecule has 0 aliphatic carbocycles. The number of anilines is 1. The molecule has 0 saturated heterocycles. The van der Waals surface area contributed by atoms with Crippen LogP contribution in [0.5, 0.6) is 11.6 Å². The van der Waals surface area contributed by atoms with Crippen LogP contribution in [-0.4, -0.2) is 31.6 Å². The van der Waals surface area contributed by atoms with Crippen molar-refractivity contribution in [2.45, 2.75) is 12.6 Å². The van der Waals surface area contributed by atoms with E-state index in [1.54, 1.807) is 29.4 Å². The van der Waals surface area contributed by atoms with E-state index in [9.17, 15) is 18.0 Å². The van der Waals surface area contributed by atoms with Gasteiger partial charge in [0.2, 0.25) is 11.8 Å². The Bertz CT molecular complexity index is 880. The van der Waals surface area contributed by atoms with Crippen molar-refractivity contribution in [1.29, 1.82) is 0 Å². The zero-order valence-electron chi connectivity index (χ0n) is 13.1. The van der Waals surface area contributed by atoms with Crippen LogP contribution in [0.25, 0.3) is 5.82 Å². The molecule has 2 heterocycles. The topological polar surface area (TPSA) is 81.9 Å². The Balaban J connectivity index is 1.65. The van der Waals surface area contributed by atoms with Crippen LogP contribution >= 0.6 is 0 Å². The van der Waals surface area contributed by atoms with E-state index in [0.29, 0.717) is 11.6 Å². The molecule has 1 N–H and O–H groups in total. The lowest BCUT2D eigenvalue weighted by molar-refractivity contribution is -0.150. The number of alkyl halides is 3. The van der Waals surface area contributed by atoms with Crippen molar-refractivity contribution in [3.8, 4) is 17.4 Å². The van der Waals surface area contributed by atoms with E-state index in [-0.39, 0.29) is 11.6 Å². The maximum Gasteiger partial charge on any atom is 0.397 e. The van der Waals surface area contributed by atoms with Crippen molar-refractivity contribution >= 4 is 11.6 Å². The number of nitrogens with zero attached hydrogens (tertiary/aromatic N) is 4. The van der Waals surface area contributed by atoms with Crippen LogP contribution in [0.1, 0.15) is 6.42 Å². The Kier molecular flexibility index (Phi) is 4.83. The van der Waals surface area contributed by atoms with E-state index in [1.165, 1.54) is 30.6 Å². The van der Waals surface area contributed by atoms with E-state index in [2.05, 4.69) is 20.3 Å². The van der Waals surface area contributed by atoms with Gasteiger partial charge >= 0.3 is 6.18 Å². The highest BCUT2D eigenvalue weighted by molar-refractivity contribution is 5.91. The first-order chi connectivity index (χ1) is 12.4. The fourth-order valence-corrected chi connectivity index (χ4v) is 2.04. The number of carbonyl (C=O) groups excluding carboxylic acids is 1. The van der Waals surface area contributed by atoms with Crippen LogP contribution < -0.4 is 10.1 Å². The molecule has 0 atom stereocenters. The van der Waals surface area contributed by atoms with Crippen molar-refractivity contribution in [3.05, 3.63) is 55.4 Å². The summed E-state index contributed by atoms with van der Waals surface area (Å²) in [6.45, 7) is 0. The lowest BCUT2D eigenvalue weighted by Gasteiger charge is -2.09. The van der Waals surface area contributed by atoms with Gasteiger partial charge in [-0.05, 0) is 24.3 Å². The number of carbonyl (C=O) groups is 1. The summed E-state index contributed by atoms with van der Waals surface area (Å²) in [5.41, 5.74) is 0.230. The number of hydrogen-bond donors (Lipinski definition) is 1. The molecule has 1 aromatic carbocycles. The Morgan fingerprint density at radius 1 is 1.19 bits per heavy atom. The van der Waals surface area contributed by atoms with Gasteiger partial charge < -0.3 is 10.1 Å². The Labute approximate surface area is 145 Å². The number of aromatic nitrogens is 4. The summed E-state index contributed by atoms with van der Waals surface area (Å²) in [6, 6.07) is 7.47. The van der Waals surface area contributed by atoms with E-state index in [4.69, 9.17) is 4.74 Å². The van der Waals surface area contributed by atoms with Gasteiger partial charge in [-0.1, -0.05) is 0 Å². The third-order valence-electron chi connectivity index (χ3n) is 3.12. The number of nitrogens with one attached hydrogen (secondary N) is 1. The molecule has 26 heavy (non-hydrogen) atoms. The summed E-state index contributed by atoms with van der Waals surface area (Å²) in [6.07, 6.45) is 0.135. The molecule has 3 aromatic rings. The molecule has 2 aromatic heterocycles. The molecule has 0 saturated carbocycles. The van der Waals surface area contributed by atoms with E-state index >= 15 is 0 Å². The molecule has 0 unspecified atom stereocenters. The van der Waals surface area contributed by atoms with Crippen LogP contribution in [0.4, 0.5) is 18.9 Å². The van der Waals surface area contributed by atoms with Crippen LogP contribution in [-0.2, 0) is 4.79 Å². The van der Waals surface area contributed by atoms with E-state index < -0.39 is 18.5 Å². The van der Waals surface area contributed by atoms with Gasteiger partial charge in [0.15, 0.2) is 0 Å². The van der Waals surface area contributed by atoms with Gasteiger partial charge in [0.25, 0.3) is 0 Å². The Hall–Kier alpha value is -3.43. The van der Waals surface area contributed by atoms with Crippen molar-refractivity contribution in [3.63, 3.8) is 0 Å². The van der Waals surface area contributed by atoms with Crippen molar-refractivity contribution in [2.24, 2.45) is 0 Å². The molecule has 1 amide bonds.